The Morgan fingerprint density at radius 3 is 1.13 bits per heavy atom. The summed E-state index contributed by atoms with van der Waals surface area (Å²) in [6, 6.07) is 52.3. The van der Waals surface area contributed by atoms with E-state index in [4.69, 9.17) is 0 Å². The summed E-state index contributed by atoms with van der Waals surface area (Å²) in [6.07, 6.45) is 0. The van der Waals surface area contributed by atoms with Crippen molar-refractivity contribution >= 4 is 137 Å². The maximum atomic E-state index is 2.71. The van der Waals surface area contributed by atoms with E-state index in [1.807, 2.05) is 22.7 Å². The molecule has 6 heterocycles. The van der Waals surface area contributed by atoms with Gasteiger partial charge in [-0.1, -0.05) is 156 Å². The molecule has 6 heteroatoms. The van der Waals surface area contributed by atoms with Gasteiger partial charge in [-0.05, 0) is 132 Å². The quantitative estimate of drug-likeness (QED) is 0.160. The highest BCUT2D eigenvalue weighted by atomic mass is 32.1. The van der Waals surface area contributed by atoms with Gasteiger partial charge in [0.1, 0.15) is 0 Å². The summed E-state index contributed by atoms with van der Waals surface area (Å²) in [5, 5.41) is 10.6. The van der Waals surface area contributed by atoms with Gasteiger partial charge in [-0.3, -0.25) is 0 Å². The van der Waals surface area contributed by atoms with E-state index < -0.39 is 0 Å². The third kappa shape index (κ3) is 5.77. The van der Waals surface area contributed by atoms with Crippen LogP contribution in [0.2, 0.25) is 0 Å². The number of aromatic nitrogens is 1. The van der Waals surface area contributed by atoms with Crippen molar-refractivity contribution in [2.75, 3.05) is 9.80 Å². The molecular weight excluding hydrogens is 862 g/mol. The van der Waals surface area contributed by atoms with Gasteiger partial charge < -0.3 is 14.2 Å². The Morgan fingerprint density at radius 1 is 0.382 bits per heavy atom. The van der Waals surface area contributed by atoms with E-state index in [1.54, 1.807) is 0 Å². The van der Waals surface area contributed by atoms with Crippen LogP contribution in [0.5, 0.6) is 0 Å². The van der Waals surface area contributed by atoms with Crippen LogP contribution in [0, 0.1) is 0 Å². The molecule has 0 N–H and O–H groups in total. The lowest BCUT2D eigenvalue weighted by atomic mass is 9.33. The van der Waals surface area contributed by atoms with Gasteiger partial charge in [0.15, 0.2) is 0 Å². The van der Waals surface area contributed by atoms with E-state index in [0.717, 1.165) is 0 Å². The molecule has 0 saturated carbocycles. The summed E-state index contributed by atoms with van der Waals surface area (Å²) in [7, 11) is 0. The van der Waals surface area contributed by atoms with Crippen LogP contribution >= 0.6 is 22.7 Å². The van der Waals surface area contributed by atoms with Crippen LogP contribution in [0.3, 0.4) is 0 Å². The van der Waals surface area contributed by atoms with Crippen LogP contribution in [0.4, 0.5) is 32.8 Å². The van der Waals surface area contributed by atoms with Gasteiger partial charge >= 0.3 is 0 Å². The Morgan fingerprint density at radius 2 is 0.750 bits per heavy atom. The van der Waals surface area contributed by atoms with Crippen molar-refractivity contribution in [3.63, 3.8) is 0 Å². The largest absolute Gasteiger partial charge is 0.308 e. The van der Waals surface area contributed by atoms with Gasteiger partial charge in [-0.15, -0.1) is 22.7 Å². The van der Waals surface area contributed by atoms with Gasteiger partial charge in [0.2, 0.25) is 0 Å². The molecule has 68 heavy (non-hydrogen) atoms. The zero-order valence-electron chi connectivity index (χ0n) is 41.4. The Hall–Kier alpha value is -6.08. The molecule has 0 bridgehead atoms. The van der Waals surface area contributed by atoms with E-state index in [0.29, 0.717) is 0 Å². The second kappa shape index (κ2) is 13.8. The summed E-state index contributed by atoms with van der Waals surface area (Å²) >= 11 is 3.92. The average molecular weight is 920 g/mol. The Labute approximate surface area is 409 Å². The number of thiophene rings is 2. The zero-order chi connectivity index (χ0) is 47.1. The van der Waals surface area contributed by atoms with Gasteiger partial charge in [0, 0.05) is 42.3 Å². The second-order valence-corrected chi connectivity index (χ2v) is 25.9. The molecule has 0 fully saturated rings. The van der Waals surface area contributed by atoms with Gasteiger partial charge in [0.25, 0.3) is 6.71 Å². The molecule has 3 nitrogen and oxygen atoms in total. The molecule has 0 unspecified atom stereocenters. The van der Waals surface area contributed by atoms with Gasteiger partial charge in [-0.25, -0.2) is 0 Å². The average Bonchev–Trinajstić information content (AvgIpc) is 4.05. The third-order valence-electron chi connectivity index (χ3n) is 15.4. The van der Waals surface area contributed by atoms with E-state index >= 15 is 0 Å². The predicted octanol–water partition coefficient (Wildman–Crippen LogP) is 16.5. The first-order valence-corrected chi connectivity index (χ1v) is 26.1. The van der Waals surface area contributed by atoms with Crippen molar-refractivity contribution in [3.8, 4) is 0 Å². The fourth-order valence-electron chi connectivity index (χ4n) is 11.7. The molecule has 0 spiro atoms. The van der Waals surface area contributed by atoms with Crippen molar-refractivity contribution in [3.05, 3.63) is 156 Å². The monoisotopic (exact) mass is 919 g/mol. The molecule has 13 rings (SSSR count). The minimum absolute atomic E-state index is 0.0211. The number of hydrogen-bond donors (Lipinski definition) is 0. The maximum absolute atomic E-state index is 2.71. The highest BCUT2D eigenvalue weighted by molar-refractivity contribution is 7.29. The molecule has 2 aliphatic rings. The molecule has 336 valence electrons. The first-order chi connectivity index (χ1) is 32.3. The van der Waals surface area contributed by atoms with E-state index in [9.17, 15) is 0 Å². The molecule has 11 aromatic rings. The third-order valence-corrected chi connectivity index (χ3v) is 17.7. The SMILES string of the molecule is CC(C)(C)c1ccc(N2c3sc4ccccc4c3B3c4c2c2c5cc(C(C)(C)C)ccc5n5c6ccc(C(C)(C)C)cc6c(c4N(c4ccc(C(C)(C)C)cc4)c4sc6ccccc6c43)c25)cc1. The van der Waals surface area contributed by atoms with Crippen LogP contribution in [0.15, 0.2) is 133 Å². The molecule has 0 saturated heterocycles. The summed E-state index contributed by atoms with van der Waals surface area (Å²) < 4.78 is 5.29. The van der Waals surface area contributed by atoms with E-state index in [2.05, 4.69) is 231 Å². The van der Waals surface area contributed by atoms with E-state index in [-0.39, 0.29) is 28.4 Å². The summed E-state index contributed by atoms with van der Waals surface area (Å²) in [5.41, 5.74) is 18.4. The van der Waals surface area contributed by atoms with Crippen LogP contribution in [-0.4, -0.2) is 11.1 Å². The molecule has 4 aromatic heterocycles. The van der Waals surface area contributed by atoms with Gasteiger partial charge in [-0.2, -0.15) is 0 Å². The second-order valence-electron chi connectivity index (χ2n) is 23.8. The lowest BCUT2D eigenvalue weighted by Crippen LogP contribution is -2.60. The van der Waals surface area contributed by atoms with E-state index in [1.165, 1.54) is 130 Å². The molecule has 0 aliphatic carbocycles. The van der Waals surface area contributed by atoms with Crippen molar-refractivity contribution in [2.45, 2.75) is 105 Å². The molecule has 0 atom stereocenters. The van der Waals surface area contributed by atoms with Crippen molar-refractivity contribution in [1.29, 1.82) is 0 Å². The molecular formula is C62H58BN3S2. The Bertz CT molecular complexity index is 3640. The summed E-state index contributed by atoms with van der Waals surface area (Å²) in [5.74, 6) is 0. The number of hydrogen-bond acceptors (Lipinski definition) is 4. The zero-order valence-corrected chi connectivity index (χ0v) is 43.1. The molecule has 0 amide bonds. The number of anilines is 6. The van der Waals surface area contributed by atoms with Crippen molar-refractivity contribution in [1.82, 2.24) is 4.40 Å². The first-order valence-electron chi connectivity index (χ1n) is 24.5. The first kappa shape index (κ1) is 42.1. The number of rotatable bonds is 2. The Kier molecular flexibility index (Phi) is 8.53. The number of benzene rings is 7. The lowest BCUT2D eigenvalue weighted by Gasteiger charge is -2.43. The molecule has 0 radical (unpaired) electrons. The standard InChI is InChI=1S/C62H58BN3S2/c1-59(2,3)35-21-27-39(28-22-35)64-55-49-43-33-37(61(7,8)9)25-31-45(43)66-46-32-26-38(62(10,11)12)34-44(46)50(54(49)66)56-53(55)63(51-41-17-13-15-19-47(41)67-57(51)64)52-42-18-14-16-20-48(42)68-58(52)65(56)40-29-23-36(24-30-40)60(4,5)6/h13-34H,1-12H3. The van der Waals surface area contributed by atoms with Crippen LogP contribution in [0.25, 0.3) is 58.3 Å². The molecule has 2 aliphatic heterocycles. The number of nitrogens with zero attached hydrogens (tertiary/aromatic N) is 3. The van der Waals surface area contributed by atoms with Crippen molar-refractivity contribution < 1.29 is 0 Å². The van der Waals surface area contributed by atoms with Crippen LogP contribution < -0.4 is 26.2 Å². The van der Waals surface area contributed by atoms with Crippen LogP contribution in [-0.2, 0) is 21.7 Å². The predicted molar refractivity (Wildman–Crippen MR) is 301 cm³/mol. The Balaban J connectivity index is 1.31. The maximum Gasteiger partial charge on any atom is 0.256 e. The smallest absolute Gasteiger partial charge is 0.256 e. The normalized spacial score (nSPS) is 14.4. The fraction of sp³-hybridized carbons (Fsp3) is 0.258. The summed E-state index contributed by atoms with van der Waals surface area (Å²) in [4.78, 5) is 5.41. The summed E-state index contributed by atoms with van der Waals surface area (Å²) in [6.45, 7) is 28.0. The lowest BCUT2D eigenvalue weighted by molar-refractivity contribution is 0.590. The fourth-order valence-corrected chi connectivity index (χ4v) is 14.3. The van der Waals surface area contributed by atoms with Gasteiger partial charge in [0.05, 0.1) is 37.9 Å². The van der Waals surface area contributed by atoms with Crippen LogP contribution in [0.1, 0.15) is 105 Å². The minimum atomic E-state index is -0.0370. The topological polar surface area (TPSA) is 10.9 Å². The highest BCUT2D eigenvalue weighted by Crippen LogP contribution is 2.57. The highest BCUT2D eigenvalue weighted by Gasteiger charge is 2.49. The number of fused-ring (bicyclic) bond motifs is 16. The minimum Gasteiger partial charge on any atom is -0.308 e. The van der Waals surface area contributed by atoms with Crippen molar-refractivity contribution in [2.24, 2.45) is 0 Å². The molecule has 7 aromatic carbocycles.